The molecule has 6 heteroatoms. The Labute approximate surface area is 126 Å². The smallest absolute Gasteiger partial charge is 0.227 e. The largest absolute Gasteiger partial charge is 0.370 e. The molecule has 0 spiro atoms. The number of hydrogen-bond donors (Lipinski definition) is 3. The minimum atomic E-state index is -0.516. The van der Waals surface area contributed by atoms with Crippen LogP contribution >= 0.6 is 24.0 Å². The molecule has 5 nitrogen and oxygen atoms in total. The Balaban J connectivity index is 0.00000289. The van der Waals surface area contributed by atoms with Crippen LogP contribution in [-0.4, -0.2) is 32.0 Å². The standard InChI is InChI=1S/C12H24N4O.HI/c1-12(2,10(17)14-3)8-16-11(13)15-7-9-5-4-6-9;/h9H,4-8H2,1-3H3,(H,14,17)(H3,13,15,16);1H. The van der Waals surface area contributed by atoms with Gasteiger partial charge in [0.15, 0.2) is 5.96 Å². The lowest BCUT2D eigenvalue weighted by Gasteiger charge is -2.26. The monoisotopic (exact) mass is 368 g/mol. The number of nitrogens with zero attached hydrogens (tertiary/aromatic N) is 1. The quantitative estimate of drug-likeness (QED) is 0.386. The summed E-state index contributed by atoms with van der Waals surface area (Å²) in [5.41, 5.74) is 5.24. The average Bonchev–Trinajstić information content (AvgIpc) is 2.23. The number of aliphatic imine (C=N–C) groups is 1. The van der Waals surface area contributed by atoms with E-state index in [-0.39, 0.29) is 29.9 Å². The van der Waals surface area contributed by atoms with Gasteiger partial charge in [0, 0.05) is 13.6 Å². The van der Waals surface area contributed by atoms with Crippen LogP contribution in [0.2, 0.25) is 0 Å². The van der Waals surface area contributed by atoms with Gasteiger partial charge in [-0.25, -0.2) is 0 Å². The molecule has 0 heterocycles. The van der Waals surface area contributed by atoms with E-state index in [0.29, 0.717) is 12.5 Å². The van der Waals surface area contributed by atoms with Crippen molar-refractivity contribution < 1.29 is 4.79 Å². The third kappa shape index (κ3) is 5.41. The van der Waals surface area contributed by atoms with E-state index in [9.17, 15) is 4.79 Å². The molecule has 106 valence electrons. The minimum Gasteiger partial charge on any atom is -0.370 e. The highest BCUT2D eigenvalue weighted by Crippen LogP contribution is 2.25. The lowest BCUT2D eigenvalue weighted by molar-refractivity contribution is -0.128. The predicted molar refractivity (Wildman–Crippen MR) is 85.1 cm³/mol. The van der Waals surface area contributed by atoms with Crippen LogP contribution in [0.4, 0.5) is 0 Å². The van der Waals surface area contributed by atoms with E-state index in [2.05, 4.69) is 15.6 Å². The SMILES string of the molecule is CNC(=O)C(C)(C)CN=C(N)NCC1CCC1.I. The van der Waals surface area contributed by atoms with Crippen LogP contribution in [0.1, 0.15) is 33.1 Å². The fraction of sp³-hybridized carbons (Fsp3) is 0.833. The molecule has 1 saturated carbocycles. The zero-order chi connectivity index (χ0) is 12.9. The average molecular weight is 368 g/mol. The van der Waals surface area contributed by atoms with Gasteiger partial charge < -0.3 is 16.4 Å². The Morgan fingerprint density at radius 2 is 2.06 bits per heavy atom. The van der Waals surface area contributed by atoms with Gasteiger partial charge in [0.1, 0.15) is 0 Å². The van der Waals surface area contributed by atoms with Gasteiger partial charge in [-0.2, -0.15) is 0 Å². The minimum absolute atomic E-state index is 0. The van der Waals surface area contributed by atoms with E-state index < -0.39 is 5.41 Å². The third-order valence-corrected chi connectivity index (χ3v) is 3.28. The number of carbonyl (C=O) groups excluding carboxylic acids is 1. The van der Waals surface area contributed by atoms with E-state index in [4.69, 9.17) is 5.73 Å². The number of nitrogens with two attached hydrogens (primary N) is 1. The molecule has 1 fully saturated rings. The van der Waals surface area contributed by atoms with Crippen molar-refractivity contribution in [1.29, 1.82) is 0 Å². The summed E-state index contributed by atoms with van der Waals surface area (Å²) in [7, 11) is 1.63. The maximum Gasteiger partial charge on any atom is 0.227 e. The highest BCUT2D eigenvalue weighted by atomic mass is 127. The van der Waals surface area contributed by atoms with E-state index in [0.717, 1.165) is 12.5 Å². The fourth-order valence-electron chi connectivity index (χ4n) is 1.69. The zero-order valence-corrected chi connectivity index (χ0v) is 13.8. The Morgan fingerprint density at radius 3 is 2.50 bits per heavy atom. The predicted octanol–water partition coefficient (Wildman–Crippen LogP) is 1.08. The first-order valence-corrected chi connectivity index (χ1v) is 6.21. The normalized spacial score (nSPS) is 16.5. The van der Waals surface area contributed by atoms with Gasteiger partial charge in [0.05, 0.1) is 12.0 Å². The Kier molecular flexibility index (Phi) is 7.58. The molecule has 0 aliphatic heterocycles. The van der Waals surface area contributed by atoms with Crippen molar-refractivity contribution in [1.82, 2.24) is 10.6 Å². The molecule has 4 N–H and O–H groups in total. The highest BCUT2D eigenvalue weighted by molar-refractivity contribution is 14.0. The molecule has 0 atom stereocenters. The van der Waals surface area contributed by atoms with E-state index >= 15 is 0 Å². The van der Waals surface area contributed by atoms with E-state index in [1.807, 2.05) is 13.8 Å². The Hall–Kier alpha value is -0.530. The molecule has 0 radical (unpaired) electrons. The third-order valence-electron chi connectivity index (χ3n) is 3.28. The number of rotatable bonds is 5. The summed E-state index contributed by atoms with van der Waals surface area (Å²) in [6, 6.07) is 0. The molecule has 0 unspecified atom stereocenters. The molecule has 1 aliphatic carbocycles. The molecular weight excluding hydrogens is 343 g/mol. The van der Waals surface area contributed by atoms with E-state index in [1.165, 1.54) is 19.3 Å². The molecule has 0 aromatic rings. The maximum absolute atomic E-state index is 11.5. The number of carbonyl (C=O) groups is 1. The van der Waals surface area contributed by atoms with Gasteiger partial charge in [-0.05, 0) is 32.6 Å². The van der Waals surface area contributed by atoms with Crippen LogP contribution in [0.15, 0.2) is 4.99 Å². The molecule has 18 heavy (non-hydrogen) atoms. The molecule has 0 aromatic carbocycles. The van der Waals surface area contributed by atoms with Gasteiger partial charge in [-0.3, -0.25) is 9.79 Å². The lowest BCUT2D eigenvalue weighted by atomic mass is 9.85. The number of nitrogens with one attached hydrogen (secondary N) is 2. The topological polar surface area (TPSA) is 79.5 Å². The van der Waals surface area contributed by atoms with Gasteiger partial charge in [0.25, 0.3) is 0 Å². The van der Waals surface area contributed by atoms with Crippen molar-refractivity contribution in [2.75, 3.05) is 20.1 Å². The van der Waals surface area contributed by atoms with Crippen LogP contribution in [0.25, 0.3) is 0 Å². The number of hydrogen-bond acceptors (Lipinski definition) is 2. The summed E-state index contributed by atoms with van der Waals surface area (Å²) >= 11 is 0. The highest BCUT2D eigenvalue weighted by Gasteiger charge is 2.26. The van der Waals surface area contributed by atoms with E-state index in [1.54, 1.807) is 7.05 Å². The second kappa shape index (κ2) is 7.81. The van der Waals surface area contributed by atoms with Crippen molar-refractivity contribution in [3.8, 4) is 0 Å². The summed E-state index contributed by atoms with van der Waals surface area (Å²) in [6.45, 7) is 5.01. The summed E-state index contributed by atoms with van der Waals surface area (Å²) in [6.07, 6.45) is 3.89. The number of guanidine groups is 1. The molecule has 1 aliphatic rings. The second-order valence-corrected chi connectivity index (χ2v) is 5.34. The van der Waals surface area contributed by atoms with Crippen LogP contribution in [-0.2, 0) is 4.79 Å². The summed E-state index contributed by atoms with van der Waals surface area (Å²) in [5, 5.41) is 5.74. The summed E-state index contributed by atoms with van der Waals surface area (Å²) in [5.74, 6) is 1.16. The molecule has 0 bridgehead atoms. The number of halogens is 1. The van der Waals surface area contributed by atoms with Crippen LogP contribution in [0.3, 0.4) is 0 Å². The van der Waals surface area contributed by atoms with Gasteiger partial charge in [-0.15, -0.1) is 24.0 Å². The first-order valence-electron chi connectivity index (χ1n) is 6.21. The van der Waals surface area contributed by atoms with Gasteiger partial charge in [-0.1, -0.05) is 6.42 Å². The fourth-order valence-corrected chi connectivity index (χ4v) is 1.69. The van der Waals surface area contributed by atoms with Crippen LogP contribution in [0, 0.1) is 11.3 Å². The molecule has 0 aromatic heterocycles. The first kappa shape index (κ1) is 17.5. The molecule has 1 amide bonds. The second-order valence-electron chi connectivity index (χ2n) is 5.34. The maximum atomic E-state index is 11.5. The van der Waals surface area contributed by atoms with Crippen molar-refractivity contribution in [2.24, 2.45) is 22.1 Å². The molecule has 1 rings (SSSR count). The Morgan fingerprint density at radius 1 is 1.44 bits per heavy atom. The van der Waals surface area contributed by atoms with Crippen molar-refractivity contribution in [3.05, 3.63) is 0 Å². The van der Waals surface area contributed by atoms with Crippen molar-refractivity contribution >= 4 is 35.8 Å². The summed E-state index contributed by atoms with van der Waals surface area (Å²) < 4.78 is 0. The molecular formula is C12H25IN4O. The van der Waals surface area contributed by atoms with Crippen LogP contribution < -0.4 is 16.4 Å². The Bertz CT molecular complexity index is 300. The molecule has 0 saturated heterocycles. The zero-order valence-electron chi connectivity index (χ0n) is 11.5. The van der Waals surface area contributed by atoms with Crippen LogP contribution in [0.5, 0.6) is 0 Å². The first-order chi connectivity index (χ1) is 7.95. The van der Waals surface area contributed by atoms with Gasteiger partial charge >= 0.3 is 0 Å². The van der Waals surface area contributed by atoms with Gasteiger partial charge in [0.2, 0.25) is 5.91 Å². The van der Waals surface area contributed by atoms with Crippen molar-refractivity contribution in [3.63, 3.8) is 0 Å². The number of amides is 1. The lowest BCUT2D eigenvalue weighted by Crippen LogP contribution is -2.40. The summed E-state index contributed by atoms with van der Waals surface area (Å²) in [4.78, 5) is 15.7. The van der Waals surface area contributed by atoms with Crippen molar-refractivity contribution in [2.45, 2.75) is 33.1 Å².